The second-order valence-electron chi connectivity index (χ2n) is 6.51. The molecule has 1 radical (unpaired) electrons. The maximum atomic E-state index is 2.63. The predicted octanol–water partition coefficient (Wildman–Crippen LogP) is 4.77. The molecule has 0 aliphatic heterocycles. The highest BCUT2D eigenvalue weighted by Gasteiger charge is 2.41. The lowest BCUT2D eigenvalue weighted by Crippen LogP contribution is -2.44. The highest BCUT2D eigenvalue weighted by Crippen LogP contribution is 2.46. The summed E-state index contributed by atoms with van der Waals surface area (Å²) in [7, 11) is 1.54. The van der Waals surface area contributed by atoms with Gasteiger partial charge < -0.3 is 0 Å². The molecular formula is C12H28BSi. The van der Waals surface area contributed by atoms with Crippen LogP contribution in [0.3, 0.4) is 0 Å². The first kappa shape index (κ1) is 14.3. The van der Waals surface area contributed by atoms with Crippen molar-refractivity contribution in [2.24, 2.45) is 0 Å². The zero-order valence-electron chi connectivity index (χ0n) is 11.5. The average molecular weight is 211 g/mol. The molecule has 1 atom stereocenters. The molecule has 83 valence electrons. The maximum absolute atomic E-state index is 2.63. The molecule has 0 heterocycles. The van der Waals surface area contributed by atoms with Gasteiger partial charge in [0, 0.05) is 8.07 Å². The molecule has 0 amide bonds. The third-order valence-corrected chi connectivity index (χ3v) is 7.99. The Bertz CT molecular complexity index is 181. The standard InChI is InChI=1S/C12H28BSi/c1-9-11(3,4)13-12(5,10-2)14(6,7)8/h9-10H2,1-8H3. The van der Waals surface area contributed by atoms with Gasteiger partial charge in [-0.05, 0) is 0 Å². The van der Waals surface area contributed by atoms with Crippen LogP contribution in [0.4, 0.5) is 0 Å². The van der Waals surface area contributed by atoms with Gasteiger partial charge in [-0.25, -0.2) is 0 Å². The van der Waals surface area contributed by atoms with Crippen LogP contribution in [0.5, 0.6) is 0 Å². The number of hydrogen-bond donors (Lipinski definition) is 0. The molecule has 0 aromatic heterocycles. The van der Waals surface area contributed by atoms with Crippen LogP contribution in [0.1, 0.15) is 47.5 Å². The summed E-state index contributed by atoms with van der Waals surface area (Å²) < 4.78 is 0. The van der Waals surface area contributed by atoms with Crippen LogP contribution >= 0.6 is 0 Å². The van der Waals surface area contributed by atoms with Gasteiger partial charge in [-0.1, -0.05) is 77.4 Å². The molecule has 0 rings (SSSR count). The Balaban J connectivity index is 4.74. The lowest BCUT2D eigenvalue weighted by molar-refractivity contribution is 0.609. The minimum Gasteiger partial charge on any atom is -0.0697 e. The van der Waals surface area contributed by atoms with Crippen molar-refractivity contribution in [2.75, 3.05) is 0 Å². The van der Waals surface area contributed by atoms with E-state index in [1.807, 2.05) is 0 Å². The summed E-state index contributed by atoms with van der Waals surface area (Å²) in [6.07, 6.45) is 2.53. The van der Waals surface area contributed by atoms with Crippen LogP contribution in [0.15, 0.2) is 0 Å². The van der Waals surface area contributed by atoms with Gasteiger partial charge in [0.25, 0.3) is 0 Å². The quantitative estimate of drug-likeness (QED) is 0.575. The molecule has 0 spiro atoms. The van der Waals surface area contributed by atoms with Crippen molar-refractivity contribution in [3.05, 3.63) is 0 Å². The van der Waals surface area contributed by atoms with Gasteiger partial charge in [0.05, 0.1) is 0 Å². The van der Waals surface area contributed by atoms with E-state index in [0.717, 1.165) is 0 Å². The zero-order chi connectivity index (χ0) is 11.6. The topological polar surface area (TPSA) is 0 Å². The summed E-state index contributed by atoms with van der Waals surface area (Å²) in [6, 6.07) is 0. The number of rotatable bonds is 5. The third-order valence-electron chi connectivity index (χ3n) is 4.07. The monoisotopic (exact) mass is 211 g/mol. The SMILES string of the molecule is CCC(C)(C)[B]C(C)(CC)[Si](C)(C)C. The van der Waals surface area contributed by atoms with Crippen molar-refractivity contribution >= 4 is 15.4 Å². The van der Waals surface area contributed by atoms with Crippen molar-refractivity contribution in [1.82, 2.24) is 0 Å². The van der Waals surface area contributed by atoms with Gasteiger partial charge in [-0.3, -0.25) is 0 Å². The van der Waals surface area contributed by atoms with Gasteiger partial charge in [0.15, 0.2) is 0 Å². The van der Waals surface area contributed by atoms with Crippen LogP contribution < -0.4 is 0 Å². The molecule has 1 unspecified atom stereocenters. The Labute approximate surface area is 93.1 Å². The lowest BCUT2D eigenvalue weighted by atomic mass is 9.45. The van der Waals surface area contributed by atoms with E-state index >= 15 is 0 Å². The Morgan fingerprint density at radius 2 is 1.36 bits per heavy atom. The molecule has 0 aliphatic rings. The molecule has 0 saturated heterocycles. The van der Waals surface area contributed by atoms with Gasteiger partial charge >= 0.3 is 0 Å². The first-order valence-electron chi connectivity index (χ1n) is 5.95. The Kier molecular flexibility index (Phi) is 4.51. The van der Waals surface area contributed by atoms with Crippen molar-refractivity contribution in [3.63, 3.8) is 0 Å². The van der Waals surface area contributed by atoms with Gasteiger partial charge in [0.2, 0.25) is 0 Å². The molecule has 0 aromatic carbocycles. The molecule has 0 aromatic rings. The summed E-state index contributed by atoms with van der Waals surface area (Å²) in [5, 5.41) is 0.394. The first-order chi connectivity index (χ1) is 6.08. The fourth-order valence-electron chi connectivity index (χ4n) is 1.81. The summed E-state index contributed by atoms with van der Waals surface area (Å²) in [5.41, 5.74) is 0. The first-order valence-corrected chi connectivity index (χ1v) is 9.45. The molecule has 0 bridgehead atoms. The fourth-order valence-corrected chi connectivity index (χ4v) is 3.70. The molecule has 0 aliphatic carbocycles. The van der Waals surface area contributed by atoms with E-state index in [9.17, 15) is 0 Å². The van der Waals surface area contributed by atoms with Gasteiger partial charge in [0.1, 0.15) is 7.28 Å². The molecule has 0 N–H and O–H groups in total. The molecule has 0 nitrogen and oxygen atoms in total. The van der Waals surface area contributed by atoms with Crippen LogP contribution in [0, 0.1) is 0 Å². The van der Waals surface area contributed by atoms with Crippen molar-refractivity contribution < 1.29 is 0 Å². The molecule has 0 saturated carbocycles. The molecule has 2 heteroatoms. The summed E-state index contributed by atoms with van der Waals surface area (Å²) >= 11 is 0. The lowest BCUT2D eigenvalue weighted by Gasteiger charge is -2.44. The second kappa shape index (κ2) is 4.42. The summed E-state index contributed by atoms with van der Waals surface area (Å²) in [4.78, 5) is 0.479. The minimum absolute atomic E-state index is 0.394. The van der Waals surface area contributed by atoms with Crippen molar-refractivity contribution in [3.8, 4) is 0 Å². The largest absolute Gasteiger partial charge is 0.121 e. The van der Waals surface area contributed by atoms with Gasteiger partial charge in [-0.2, -0.15) is 0 Å². The van der Waals surface area contributed by atoms with Crippen molar-refractivity contribution in [2.45, 2.75) is 77.4 Å². The summed E-state index contributed by atoms with van der Waals surface area (Å²) in [5.74, 6) is 0. The molecule has 14 heavy (non-hydrogen) atoms. The van der Waals surface area contributed by atoms with Crippen LogP contribution in [0.25, 0.3) is 0 Å². The second-order valence-corrected chi connectivity index (χ2v) is 12.1. The Morgan fingerprint density at radius 1 is 0.929 bits per heavy atom. The highest BCUT2D eigenvalue weighted by molar-refractivity contribution is 6.87. The van der Waals surface area contributed by atoms with E-state index in [0.29, 0.717) is 10.3 Å². The smallest absolute Gasteiger partial charge is 0.0697 e. The highest BCUT2D eigenvalue weighted by atomic mass is 28.3. The van der Waals surface area contributed by atoms with E-state index in [4.69, 9.17) is 0 Å². The van der Waals surface area contributed by atoms with E-state index < -0.39 is 8.07 Å². The molecular weight excluding hydrogens is 183 g/mol. The average Bonchev–Trinajstić information content (AvgIpc) is 2.01. The Hall–Kier alpha value is 0.282. The fraction of sp³-hybridized carbons (Fsp3) is 1.00. The zero-order valence-corrected chi connectivity index (χ0v) is 12.5. The van der Waals surface area contributed by atoms with Crippen LogP contribution in [-0.2, 0) is 0 Å². The predicted molar refractivity (Wildman–Crippen MR) is 72.1 cm³/mol. The van der Waals surface area contributed by atoms with Gasteiger partial charge in [-0.15, -0.1) is 0 Å². The van der Waals surface area contributed by atoms with Crippen LogP contribution in [0.2, 0.25) is 29.9 Å². The van der Waals surface area contributed by atoms with Crippen LogP contribution in [-0.4, -0.2) is 15.4 Å². The third kappa shape index (κ3) is 3.45. The normalized spacial score (nSPS) is 17.7. The molecule has 0 fully saturated rings. The summed E-state index contributed by atoms with van der Waals surface area (Å²) in [6.45, 7) is 19.3. The minimum atomic E-state index is -1.09. The van der Waals surface area contributed by atoms with E-state index in [-0.39, 0.29) is 0 Å². The van der Waals surface area contributed by atoms with Crippen molar-refractivity contribution in [1.29, 1.82) is 0 Å². The number of hydrogen-bond acceptors (Lipinski definition) is 0. The maximum Gasteiger partial charge on any atom is 0.121 e. The van der Waals surface area contributed by atoms with E-state index in [1.54, 1.807) is 0 Å². The van der Waals surface area contributed by atoms with E-state index in [1.165, 1.54) is 12.8 Å². The van der Waals surface area contributed by atoms with E-state index in [2.05, 4.69) is 61.5 Å². The Morgan fingerprint density at radius 3 is 1.57 bits per heavy atom.